The number of primary amides is 1. The minimum Gasteiger partial charge on any atom is -0.358 e. The fraction of sp³-hybridized carbons (Fsp3) is 0.462. The second-order valence-corrected chi connectivity index (χ2v) is 5.54. The summed E-state index contributed by atoms with van der Waals surface area (Å²) in [4.78, 5) is 34.1. The molecule has 1 aliphatic rings. The Bertz CT molecular complexity index is 719. The van der Waals surface area contributed by atoms with Gasteiger partial charge in [-0.15, -0.1) is 0 Å². The number of nitrogens with two attached hydrogens (primary N) is 1. The molecule has 0 atom stereocenters. The first-order chi connectivity index (χ1) is 12.0. The zero-order valence-electron chi connectivity index (χ0n) is 13.2. The number of amides is 2. The number of halogens is 3. The Morgan fingerprint density at radius 3 is 2.00 bits per heavy atom. The molecule has 0 bridgehead atoms. The maximum Gasteiger partial charge on any atom is 0.416 e. The van der Waals surface area contributed by atoms with E-state index in [0.29, 0.717) is 0 Å². The summed E-state index contributed by atoms with van der Waals surface area (Å²) in [5.41, 5.74) is 1.15. The minimum absolute atomic E-state index is 0.0324. The Kier molecular flexibility index (Phi) is 5.18. The van der Waals surface area contributed by atoms with Gasteiger partial charge in [0.05, 0.1) is 15.4 Å². The van der Waals surface area contributed by atoms with Gasteiger partial charge in [0.1, 0.15) is 0 Å². The summed E-state index contributed by atoms with van der Waals surface area (Å²) in [5, 5.41) is 22.6. The molecule has 13 heteroatoms. The number of nitro benzene ring substituents is 2. The lowest BCUT2D eigenvalue weighted by Crippen LogP contribution is -2.38. The summed E-state index contributed by atoms with van der Waals surface area (Å²) in [5.74, 6) is 0. The molecule has 1 fully saturated rings. The lowest BCUT2D eigenvalue weighted by atomic mass is 10.1. The van der Waals surface area contributed by atoms with Crippen LogP contribution in [0.25, 0.3) is 0 Å². The maximum absolute atomic E-state index is 12.9. The number of urea groups is 1. The van der Waals surface area contributed by atoms with E-state index < -0.39 is 44.7 Å². The van der Waals surface area contributed by atoms with E-state index in [2.05, 4.69) is 0 Å². The number of hydrogen-bond donors (Lipinski definition) is 1. The van der Waals surface area contributed by atoms with E-state index >= 15 is 0 Å². The molecule has 1 aromatic carbocycles. The standard InChI is InChI=1S/C13H14F3N5O5/c14-13(15,16)8-6-9(20(23)24)11(10(7-8)21(25)26)18-2-1-3-19(5-4-18)12(17)22/h6-7H,1-5H2,(H2,17,22). The first kappa shape index (κ1) is 19.2. The zero-order chi connectivity index (χ0) is 19.6. The van der Waals surface area contributed by atoms with E-state index in [1.165, 1.54) is 9.80 Å². The number of hydrogen-bond acceptors (Lipinski definition) is 6. The van der Waals surface area contributed by atoms with Crippen molar-refractivity contribution in [2.24, 2.45) is 5.73 Å². The van der Waals surface area contributed by atoms with Crippen LogP contribution < -0.4 is 10.6 Å². The monoisotopic (exact) mass is 377 g/mol. The summed E-state index contributed by atoms with van der Waals surface area (Å²) in [7, 11) is 0. The minimum atomic E-state index is -4.98. The number of anilines is 1. The molecule has 0 unspecified atom stereocenters. The van der Waals surface area contributed by atoms with Crippen LogP contribution in [0.4, 0.5) is 35.0 Å². The van der Waals surface area contributed by atoms with Crippen LogP contribution in [0.5, 0.6) is 0 Å². The highest BCUT2D eigenvalue weighted by Crippen LogP contribution is 2.43. The second kappa shape index (κ2) is 7.01. The fourth-order valence-electron chi connectivity index (χ4n) is 2.73. The molecule has 26 heavy (non-hydrogen) atoms. The third kappa shape index (κ3) is 3.92. The number of alkyl halides is 3. The molecule has 2 amide bonds. The molecule has 1 aromatic rings. The first-order valence-electron chi connectivity index (χ1n) is 7.35. The highest BCUT2D eigenvalue weighted by atomic mass is 19.4. The Balaban J connectivity index is 2.57. The van der Waals surface area contributed by atoms with Crippen molar-refractivity contribution in [1.29, 1.82) is 0 Å². The lowest BCUT2D eigenvalue weighted by Gasteiger charge is -2.23. The first-order valence-corrected chi connectivity index (χ1v) is 7.35. The van der Waals surface area contributed by atoms with Crippen molar-refractivity contribution in [2.45, 2.75) is 12.6 Å². The van der Waals surface area contributed by atoms with Crippen molar-refractivity contribution >= 4 is 23.1 Å². The molecule has 142 valence electrons. The largest absolute Gasteiger partial charge is 0.416 e. The van der Waals surface area contributed by atoms with Crippen molar-refractivity contribution in [3.05, 3.63) is 37.9 Å². The quantitative estimate of drug-likeness (QED) is 0.633. The second-order valence-electron chi connectivity index (χ2n) is 5.54. The Hall–Kier alpha value is -3.12. The normalized spacial score (nSPS) is 15.5. The smallest absolute Gasteiger partial charge is 0.358 e. The van der Waals surface area contributed by atoms with Gasteiger partial charge in [0.15, 0.2) is 5.69 Å². The summed E-state index contributed by atoms with van der Waals surface area (Å²) in [6, 6.07) is -0.165. The van der Waals surface area contributed by atoms with E-state index in [1.807, 2.05) is 0 Å². The van der Waals surface area contributed by atoms with E-state index in [4.69, 9.17) is 5.73 Å². The number of rotatable bonds is 3. The van der Waals surface area contributed by atoms with Gasteiger partial charge in [-0.25, -0.2) is 4.79 Å². The fourth-order valence-corrected chi connectivity index (χ4v) is 2.73. The Morgan fingerprint density at radius 1 is 1.04 bits per heavy atom. The average Bonchev–Trinajstić information content (AvgIpc) is 2.78. The molecule has 2 N–H and O–H groups in total. The van der Waals surface area contributed by atoms with Crippen LogP contribution in [-0.2, 0) is 6.18 Å². The van der Waals surface area contributed by atoms with Gasteiger partial charge in [-0.1, -0.05) is 0 Å². The maximum atomic E-state index is 12.9. The molecular weight excluding hydrogens is 363 g/mol. The van der Waals surface area contributed by atoms with E-state index in [1.54, 1.807) is 0 Å². The summed E-state index contributed by atoms with van der Waals surface area (Å²) >= 11 is 0. The summed E-state index contributed by atoms with van der Waals surface area (Å²) < 4.78 is 38.8. The summed E-state index contributed by atoms with van der Waals surface area (Å²) in [6.07, 6.45) is -4.69. The molecule has 0 aliphatic carbocycles. The van der Waals surface area contributed by atoms with Gasteiger partial charge >= 0.3 is 12.2 Å². The van der Waals surface area contributed by atoms with Crippen LogP contribution in [0, 0.1) is 20.2 Å². The molecule has 0 radical (unpaired) electrons. The van der Waals surface area contributed by atoms with Crippen LogP contribution in [0.15, 0.2) is 12.1 Å². The van der Waals surface area contributed by atoms with E-state index in [-0.39, 0.29) is 44.7 Å². The molecular formula is C13H14F3N5O5. The number of benzene rings is 1. The van der Waals surface area contributed by atoms with Crippen LogP contribution >= 0.6 is 0 Å². The molecule has 10 nitrogen and oxygen atoms in total. The molecule has 0 aromatic heterocycles. The molecule has 2 rings (SSSR count). The van der Waals surface area contributed by atoms with Crippen LogP contribution in [0.2, 0.25) is 0 Å². The molecule has 1 heterocycles. The van der Waals surface area contributed by atoms with Gasteiger partial charge in [0.25, 0.3) is 11.4 Å². The van der Waals surface area contributed by atoms with Crippen molar-refractivity contribution in [3.63, 3.8) is 0 Å². The zero-order valence-corrected chi connectivity index (χ0v) is 13.2. The van der Waals surface area contributed by atoms with Crippen molar-refractivity contribution in [1.82, 2.24) is 4.90 Å². The Morgan fingerprint density at radius 2 is 1.58 bits per heavy atom. The molecule has 1 aliphatic heterocycles. The van der Waals surface area contributed by atoms with Crippen LogP contribution in [0.1, 0.15) is 12.0 Å². The van der Waals surface area contributed by atoms with Gasteiger partial charge in [-0.3, -0.25) is 20.2 Å². The lowest BCUT2D eigenvalue weighted by molar-refractivity contribution is -0.393. The number of carbonyl (C=O) groups excluding carboxylic acids is 1. The average molecular weight is 377 g/mol. The van der Waals surface area contributed by atoms with Gasteiger partial charge in [0.2, 0.25) is 0 Å². The predicted octanol–water partition coefficient (Wildman–Crippen LogP) is 2.11. The van der Waals surface area contributed by atoms with Gasteiger partial charge in [-0.2, -0.15) is 13.2 Å². The van der Waals surface area contributed by atoms with Crippen molar-refractivity contribution < 1.29 is 27.8 Å². The van der Waals surface area contributed by atoms with E-state index in [9.17, 15) is 38.2 Å². The Labute approximate surface area is 144 Å². The highest BCUT2D eigenvalue weighted by Gasteiger charge is 2.39. The van der Waals surface area contributed by atoms with E-state index in [0.717, 1.165) is 0 Å². The number of carbonyl (C=O) groups is 1. The number of nitrogens with zero attached hydrogens (tertiary/aromatic N) is 4. The molecule has 0 spiro atoms. The van der Waals surface area contributed by atoms with Crippen LogP contribution in [0.3, 0.4) is 0 Å². The van der Waals surface area contributed by atoms with Gasteiger partial charge in [0, 0.05) is 38.3 Å². The SMILES string of the molecule is NC(=O)N1CCCN(c2c([N+](=O)[O-])cc(C(F)(F)F)cc2[N+](=O)[O-])CC1. The molecule has 1 saturated heterocycles. The summed E-state index contributed by atoms with van der Waals surface area (Å²) in [6.45, 7) is 0.297. The highest BCUT2D eigenvalue weighted by molar-refractivity contribution is 5.77. The van der Waals surface area contributed by atoms with Crippen molar-refractivity contribution in [3.8, 4) is 0 Å². The third-order valence-electron chi connectivity index (χ3n) is 3.91. The molecule has 0 saturated carbocycles. The van der Waals surface area contributed by atoms with Crippen molar-refractivity contribution in [2.75, 3.05) is 31.1 Å². The van der Waals surface area contributed by atoms with Gasteiger partial charge in [-0.05, 0) is 6.42 Å². The van der Waals surface area contributed by atoms with Crippen LogP contribution in [-0.4, -0.2) is 47.0 Å². The third-order valence-corrected chi connectivity index (χ3v) is 3.91. The number of nitro groups is 2. The predicted molar refractivity (Wildman–Crippen MR) is 82.7 cm³/mol. The van der Waals surface area contributed by atoms with Gasteiger partial charge < -0.3 is 15.5 Å². The topological polar surface area (TPSA) is 136 Å².